The van der Waals surface area contributed by atoms with E-state index in [1.807, 2.05) is 0 Å². The molecular weight excluding hydrogens is 425 g/mol. The van der Waals surface area contributed by atoms with Crippen LogP contribution in [0.4, 0.5) is 4.39 Å². The van der Waals surface area contributed by atoms with Crippen molar-refractivity contribution in [1.82, 2.24) is 13.9 Å². The molecule has 0 aliphatic heterocycles. The van der Waals surface area contributed by atoms with Crippen LogP contribution in [-0.2, 0) is 21.4 Å². The fourth-order valence-corrected chi connectivity index (χ4v) is 4.88. The number of aliphatic hydroxyl groups is 1. The Kier molecular flexibility index (Phi) is 6.73. The van der Waals surface area contributed by atoms with Gasteiger partial charge >= 0.3 is 5.97 Å². The summed E-state index contributed by atoms with van der Waals surface area (Å²) in [5.41, 5.74) is 1.10. The summed E-state index contributed by atoms with van der Waals surface area (Å²) in [5.74, 6) is -2.30. The van der Waals surface area contributed by atoms with Crippen LogP contribution in [0.1, 0.15) is 24.8 Å². The third-order valence-corrected chi connectivity index (χ3v) is 7.30. The summed E-state index contributed by atoms with van der Waals surface area (Å²) < 4.78 is 42.1. The van der Waals surface area contributed by atoms with Gasteiger partial charge in [-0.05, 0) is 55.3 Å². The summed E-state index contributed by atoms with van der Waals surface area (Å²) >= 11 is 0. The van der Waals surface area contributed by atoms with Gasteiger partial charge in [-0.1, -0.05) is 0 Å². The van der Waals surface area contributed by atoms with Crippen LogP contribution in [0, 0.1) is 5.82 Å². The minimum absolute atomic E-state index is 0.0602. The second-order valence-corrected chi connectivity index (χ2v) is 9.31. The number of likely N-dealkylation sites (N-methyl/N-ethyl adjacent to an activating group) is 1. The lowest BCUT2D eigenvalue weighted by Crippen LogP contribution is -2.40. The van der Waals surface area contributed by atoms with E-state index in [1.54, 1.807) is 36.0 Å². The number of halogens is 1. The SMILES string of the molecule is CC(C(=O)O)c1cn(C[C@@H](CCO)N(C)S(=O)(=O)c2ccc(F)cc2)c2ncccc12. The van der Waals surface area contributed by atoms with E-state index < -0.39 is 33.8 Å². The zero-order valence-electron chi connectivity index (χ0n) is 17.1. The Labute approximate surface area is 179 Å². The number of carboxylic acid groups (broad SMARTS) is 1. The molecule has 0 aliphatic carbocycles. The zero-order chi connectivity index (χ0) is 22.8. The van der Waals surface area contributed by atoms with Crippen molar-refractivity contribution in [3.8, 4) is 0 Å². The van der Waals surface area contributed by atoms with Crippen molar-refractivity contribution < 1.29 is 27.8 Å². The first kappa shape index (κ1) is 22.9. The summed E-state index contributed by atoms with van der Waals surface area (Å²) in [6.45, 7) is 1.47. The third-order valence-electron chi connectivity index (χ3n) is 5.38. The molecule has 1 aromatic carbocycles. The number of benzene rings is 1. The smallest absolute Gasteiger partial charge is 0.310 e. The number of rotatable bonds is 9. The molecule has 0 aliphatic rings. The Morgan fingerprint density at radius 2 is 1.94 bits per heavy atom. The van der Waals surface area contributed by atoms with E-state index in [9.17, 15) is 27.8 Å². The maximum atomic E-state index is 13.2. The molecule has 0 amide bonds. The summed E-state index contributed by atoms with van der Waals surface area (Å²) in [6, 6.07) is 7.36. The van der Waals surface area contributed by atoms with E-state index in [0.717, 1.165) is 16.4 Å². The molecule has 2 N–H and O–H groups in total. The Balaban J connectivity index is 1.99. The third kappa shape index (κ3) is 4.60. The quantitative estimate of drug-likeness (QED) is 0.519. The zero-order valence-corrected chi connectivity index (χ0v) is 18.0. The molecular formula is C21H24FN3O5S. The Bertz CT molecular complexity index is 1180. The maximum absolute atomic E-state index is 13.2. The maximum Gasteiger partial charge on any atom is 0.310 e. The van der Waals surface area contributed by atoms with Crippen molar-refractivity contribution in [3.63, 3.8) is 0 Å². The lowest BCUT2D eigenvalue weighted by molar-refractivity contribution is -0.138. The lowest BCUT2D eigenvalue weighted by atomic mass is 10.0. The van der Waals surface area contributed by atoms with Gasteiger partial charge in [0.05, 0.1) is 10.8 Å². The topological polar surface area (TPSA) is 113 Å². The highest BCUT2D eigenvalue weighted by Gasteiger charge is 2.29. The molecule has 10 heteroatoms. The van der Waals surface area contributed by atoms with Gasteiger partial charge in [0.25, 0.3) is 0 Å². The first-order valence-electron chi connectivity index (χ1n) is 9.67. The molecule has 31 heavy (non-hydrogen) atoms. The number of carboxylic acids is 1. The van der Waals surface area contributed by atoms with E-state index in [0.29, 0.717) is 16.6 Å². The molecule has 166 valence electrons. The van der Waals surface area contributed by atoms with E-state index in [-0.39, 0.29) is 24.5 Å². The number of fused-ring (bicyclic) bond motifs is 1. The van der Waals surface area contributed by atoms with Crippen molar-refractivity contribution in [1.29, 1.82) is 0 Å². The number of sulfonamides is 1. The Hall–Kier alpha value is -2.82. The highest BCUT2D eigenvalue weighted by molar-refractivity contribution is 7.89. The molecule has 2 atom stereocenters. The minimum atomic E-state index is -3.95. The summed E-state index contributed by atoms with van der Waals surface area (Å²) in [7, 11) is -2.54. The highest BCUT2D eigenvalue weighted by Crippen LogP contribution is 2.28. The predicted octanol–water partition coefficient (Wildman–Crippen LogP) is 2.44. The first-order chi connectivity index (χ1) is 14.7. The molecule has 0 spiro atoms. The highest BCUT2D eigenvalue weighted by atomic mass is 32.2. The van der Waals surface area contributed by atoms with E-state index >= 15 is 0 Å². The van der Waals surface area contributed by atoms with Crippen molar-refractivity contribution >= 4 is 27.0 Å². The van der Waals surface area contributed by atoms with Gasteiger partial charge in [0, 0.05) is 44.0 Å². The molecule has 0 saturated carbocycles. The molecule has 3 rings (SSSR count). The molecule has 0 saturated heterocycles. The number of aliphatic hydroxyl groups excluding tert-OH is 1. The van der Waals surface area contributed by atoms with Gasteiger partial charge in [0.1, 0.15) is 11.5 Å². The normalized spacial score (nSPS) is 14.1. The number of aliphatic carboxylic acids is 1. The number of nitrogens with zero attached hydrogens (tertiary/aromatic N) is 3. The van der Waals surface area contributed by atoms with Crippen molar-refractivity contribution in [2.45, 2.75) is 36.7 Å². The molecule has 0 bridgehead atoms. The van der Waals surface area contributed by atoms with Crippen LogP contribution in [0.25, 0.3) is 11.0 Å². The summed E-state index contributed by atoms with van der Waals surface area (Å²) in [4.78, 5) is 15.8. The van der Waals surface area contributed by atoms with Crippen LogP contribution in [0.15, 0.2) is 53.7 Å². The average Bonchev–Trinajstić information content (AvgIpc) is 3.11. The van der Waals surface area contributed by atoms with Crippen LogP contribution >= 0.6 is 0 Å². The Morgan fingerprint density at radius 3 is 2.55 bits per heavy atom. The molecule has 2 aromatic heterocycles. The van der Waals surface area contributed by atoms with E-state index in [2.05, 4.69) is 4.98 Å². The van der Waals surface area contributed by atoms with Crippen LogP contribution < -0.4 is 0 Å². The predicted molar refractivity (Wildman–Crippen MR) is 113 cm³/mol. The summed E-state index contributed by atoms with van der Waals surface area (Å²) in [5, 5.41) is 19.6. The molecule has 1 unspecified atom stereocenters. The molecule has 3 aromatic rings. The van der Waals surface area contributed by atoms with Gasteiger partial charge in [-0.3, -0.25) is 4.79 Å². The average molecular weight is 450 g/mol. The second-order valence-electron chi connectivity index (χ2n) is 7.31. The van der Waals surface area contributed by atoms with Crippen LogP contribution in [0.5, 0.6) is 0 Å². The number of hydrogen-bond donors (Lipinski definition) is 2. The monoisotopic (exact) mass is 449 g/mol. The molecule has 8 nitrogen and oxygen atoms in total. The van der Waals surface area contributed by atoms with Crippen LogP contribution in [0.2, 0.25) is 0 Å². The number of aromatic nitrogens is 2. The second kappa shape index (κ2) is 9.13. The Morgan fingerprint density at radius 1 is 1.26 bits per heavy atom. The minimum Gasteiger partial charge on any atom is -0.481 e. The largest absolute Gasteiger partial charge is 0.481 e. The van der Waals surface area contributed by atoms with Crippen molar-refractivity contribution in [2.24, 2.45) is 0 Å². The molecule has 0 radical (unpaired) electrons. The lowest BCUT2D eigenvalue weighted by Gasteiger charge is -2.27. The standard InChI is InChI=1S/C21H24FN3O5S/c1-14(21(27)28)19-13-25(20-18(19)4-3-10-23-20)12-16(9-11-26)24(2)31(29,30)17-7-5-15(22)6-8-17/h3-8,10,13-14,16,26H,9,11-12H2,1-2H3,(H,27,28)/t14?,16-/m1/s1. The van der Waals surface area contributed by atoms with Gasteiger partial charge in [-0.15, -0.1) is 0 Å². The van der Waals surface area contributed by atoms with E-state index in [1.165, 1.54) is 19.2 Å². The number of carbonyl (C=O) groups is 1. The first-order valence-corrected chi connectivity index (χ1v) is 11.1. The van der Waals surface area contributed by atoms with Crippen molar-refractivity contribution in [2.75, 3.05) is 13.7 Å². The van der Waals surface area contributed by atoms with Gasteiger partial charge in [-0.2, -0.15) is 4.31 Å². The van der Waals surface area contributed by atoms with Gasteiger partial charge in [-0.25, -0.2) is 17.8 Å². The van der Waals surface area contributed by atoms with Crippen LogP contribution in [-0.4, -0.2) is 58.2 Å². The number of pyridine rings is 1. The molecule has 2 heterocycles. The van der Waals surface area contributed by atoms with Crippen molar-refractivity contribution in [3.05, 3.63) is 60.2 Å². The van der Waals surface area contributed by atoms with Gasteiger partial charge in [0.15, 0.2) is 0 Å². The van der Waals surface area contributed by atoms with Gasteiger partial charge < -0.3 is 14.8 Å². The van der Waals surface area contributed by atoms with E-state index in [4.69, 9.17) is 0 Å². The fourth-order valence-electron chi connectivity index (χ4n) is 3.50. The summed E-state index contributed by atoms with van der Waals surface area (Å²) in [6.07, 6.45) is 3.39. The molecule has 0 fully saturated rings. The fraction of sp³-hybridized carbons (Fsp3) is 0.333. The van der Waals surface area contributed by atoms with Gasteiger partial charge in [0.2, 0.25) is 10.0 Å². The van der Waals surface area contributed by atoms with Crippen LogP contribution in [0.3, 0.4) is 0 Å². The number of hydrogen-bond acceptors (Lipinski definition) is 5.